The second-order valence-corrected chi connectivity index (χ2v) is 8.08. The van der Waals surface area contributed by atoms with Gasteiger partial charge in [0.15, 0.2) is 0 Å². The zero-order chi connectivity index (χ0) is 23.3. The Labute approximate surface area is 186 Å². The number of fused-ring (bicyclic) bond motifs is 1. The summed E-state index contributed by atoms with van der Waals surface area (Å²) in [4.78, 5) is 12.2. The lowest BCUT2D eigenvalue weighted by Crippen LogP contribution is -2.14. The molecule has 166 valence electrons. The molecule has 2 aromatic carbocycles. The number of aryl methyl sites for hydroxylation is 1. The first-order valence-corrected chi connectivity index (χ1v) is 10.8. The van der Waals surface area contributed by atoms with E-state index in [0.29, 0.717) is 15.8 Å². The summed E-state index contributed by atoms with van der Waals surface area (Å²) in [6.45, 7) is 1.61. The van der Waals surface area contributed by atoms with Gasteiger partial charge in [-0.25, -0.2) is 4.39 Å². The highest BCUT2D eigenvalue weighted by Crippen LogP contribution is 2.30. The molecule has 0 amide bonds. The van der Waals surface area contributed by atoms with E-state index < -0.39 is 17.9 Å². The van der Waals surface area contributed by atoms with Crippen LogP contribution in [0.15, 0.2) is 71.1 Å². The molecule has 0 aliphatic carbocycles. The number of nitriles is 1. The van der Waals surface area contributed by atoms with Gasteiger partial charge in [-0.15, -0.1) is 0 Å². The smallest absolute Gasteiger partial charge is 0.298 e. The van der Waals surface area contributed by atoms with Crippen molar-refractivity contribution in [2.45, 2.75) is 38.7 Å². The number of rotatable bonds is 7. The molecule has 0 radical (unpaired) electrons. The van der Waals surface area contributed by atoms with E-state index in [2.05, 4.69) is 6.07 Å². The molecule has 1 heterocycles. The molecule has 3 aromatic rings. The Morgan fingerprint density at radius 2 is 2.00 bits per heavy atom. The van der Waals surface area contributed by atoms with Crippen molar-refractivity contribution in [1.82, 2.24) is 4.57 Å². The first-order valence-electron chi connectivity index (χ1n) is 9.97. The topological polar surface area (TPSA) is 45.8 Å². The number of halogens is 4. The summed E-state index contributed by atoms with van der Waals surface area (Å²) in [6.07, 6.45) is -3.36. The first kappa shape index (κ1) is 23.5. The van der Waals surface area contributed by atoms with E-state index in [4.69, 9.17) is 0 Å². The molecule has 0 aliphatic rings. The minimum atomic E-state index is -4.60. The number of benzene rings is 2. The van der Waals surface area contributed by atoms with Crippen molar-refractivity contribution in [2.24, 2.45) is 0 Å². The Kier molecular flexibility index (Phi) is 7.31. The van der Waals surface area contributed by atoms with Gasteiger partial charge in [-0.1, -0.05) is 60.8 Å². The normalized spacial score (nSPS) is 13.6. The fourth-order valence-electron chi connectivity index (χ4n) is 3.25. The van der Waals surface area contributed by atoms with E-state index in [9.17, 15) is 27.6 Å². The van der Waals surface area contributed by atoms with Crippen molar-refractivity contribution in [3.63, 3.8) is 0 Å². The quantitative estimate of drug-likeness (QED) is 0.288. The molecule has 0 N–H and O–H groups in total. The van der Waals surface area contributed by atoms with Gasteiger partial charge in [0, 0.05) is 6.54 Å². The zero-order valence-electron chi connectivity index (χ0n) is 17.2. The lowest BCUT2D eigenvalue weighted by Gasteiger charge is -2.09. The van der Waals surface area contributed by atoms with Crippen LogP contribution in [-0.4, -0.2) is 16.9 Å². The average Bonchev–Trinajstić information content (AvgIpc) is 3.08. The Hall–Kier alpha value is -3.18. The highest BCUT2D eigenvalue weighted by molar-refractivity contribution is 7.16. The second-order valence-electron chi connectivity index (χ2n) is 7.09. The molecule has 3 nitrogen and oxygen atoms in total. The summed E-state index contributed by atoms with van der Waals surface area (Å²) >= 11 is 1.00. The van der Waals surface area contributed by atoms with Gasteiger partial charge in [-0.05, 0) is 42.2 Å². The molecule has 1 aromatic heterocycles. The van der Waals surface area contributed by atoms with Gasteiger partial charge < -0.3 is 0 Å². The maximum Gasteiger partial charge on any atom is 0.416 e. The minimum absolute atomic E-state index is 0.0347. The van der Waals surface area contributed by atoms with Crippen molar-refractivity contribution in [1.29, 1.82) is 5.26 Å². The number of hydrogen-bond acceptors (Lipinski definition) is 3. The number of thiazole rings is 1. The molecule has 8 heteroatoms. The van der Waals surface area contributed by atoms with Crippen LogP contribution in [0, 0.1) is 11.3 Å². The molecule has 1 atom stereocenters. The lowest BCUT2D eigenvalue weighted by atomic mass is 10.0. The Balaban J connectivity index is 1.87. The van der Waals surface area contributed by atoms with E-state index >= 15 is 0 Å². The molecule has 0 fully saturated rings. The third kappa shape index (κ3) is 5.35. The largest absolute Gasteiger partial charge is 0.416 e. The van der Waals surface area contributed by atoms with Crippen LogP contribution in [0.3, 0.4) is 0 Å². The van der Waals surface area contributed by atoms with Gasteiger partial charge >= 0.3 is 11.0 Å². The molecule has 0 spiro atoms. The second kappa shape index (κ2) is 9.96. The minimum Gasteiger partial charge on any atom is -0.298 e. The van der Waals surface area contributed by atoms with Crippen molar-refractivity contribution in [2.75, 3.05) is 0 Å². The van der Waals surface area contributed by atoms with Gasteiger partial charge in [0.2, 0.25) is 0 Å². The van der Waals surface area contributed by atoms with Crippen LogP contribution in [0.5, 0.6) is 0 Å². The molecule has 0 aliphatic heterocycles. The van der Waals surface area contributed by atoms with Gasteiger partial charge in [0.1, 0.15) is 6.17 Å². The predicted molar refractivity (Wildman–Crippen MR) is 119 cm³/mol. The Morgan fingerprint density at radius 1 is 1.25 bits per heavy atom. The lowest BCUT2D eigenvalue weighted by molar-refractivity contribution is -0.0884. The molecule has 32 heavy (non-hydrogen) atoms. The summed E-state index contributed by atoms with van der Waals surface area (Å²) in [5.41, 5.74) is 1.72. The monoisotopic (exact) mass is 460 g/mol. The van der Waals surface area contributed by atoms with E-state index in [0.717, 1.165) is 40.7 Å². The molecular weight excluding hydrogens is 440 g/mol. The van der Waals surface area contributed by atoms with Crippen LogP contribution in [0.2, 0.25) is 0 Å². The van der Waals surface area contributed by atoms with Gasteiger partial charge in [0.05, 0.1) is 27.4 Å². The Bertz CT molecular complexity index is 1260. The van der Waals surface area contributed by atoms with E-state index in [1.54, 1.807) is 37.3 Å². The highest BCUT2D eigenvalue weighted by Gasteiger charge is 2.31. The number of nitrogens with zero attached hydrogens (tertiary/aromatic N) is 2. The average molecular weight is 460 g/mol. The van der Waals surface area contributed by atoms with Crippen LogP contribution in [0.4, 0.5) is 17.6 Å². The standard InChI is InChI=1S/C24H20F4N2OS/c1-2-19(25)11-10-18(24(26,27)28)7-5-13-30-21-12-9-16(14-22(21)32-23(30)31)20-8-4-3-6-17(20)15-29/h3-4,6-12,14,19H,2,5,13H2,1H3. The number of aromatic nitrogens is 1. The van der Waals surface area contributed by atoms with Crippen LogP contribution in [0.1, 0.15) is 25.3 Å². The van der Waals surface area contributed by atoms with Crippen LogP contribution < -0.4 is 4.87 Å². The van der Waals surface area contributed by atoms with Crippen LogP contribution in [-0.2, 0) is 6.54 Å². The van der Waals surface area contributed by atoms with Crippen molar-refractivity contribution < 1.29 is 17.6 Å². The summed E-state index contributed by atoms with van der Waals surface area (Å²) in [5, 5.41) is 9.31. The maximum atomic E-state index is 13.3. The molecule has 0 saturated carbocycles. The van der Waals surface area contributed by atoms with E-state index in [1.165, 1.54) is 4.57 Å². The molecule has 3 rings (SSSR count). The Morgan fingerprint density at radius 3 is 2.69 bits per heavy atom. The van der Waals surface area contributed by atoms with Crippen LogP contribution in [0.25, 0.3) is 21.3 Å². The van der Waals surface area contributed by atoms with Crippen molar-refractivity contribution in [3.8, 4) is 17.2 Å². The van der Waals surface area contributed by atoms with E-state index in [1.807, 2.05) is 12.1 Å². The fourth-order valence-corrected chi connectivity index (χ4v) is 4.21. The SMILES string of the molecule is CCC(F)C=CC(=CCCn1c(=O)sc2cc(-c3ccccc3C#N)ccc21)C(F)(F)F. The summed E-state index contributed by atoms with van der Waals surface area (Å²) in [6, 6.07) is 14.6. The van der Waals surface area contributed by atoms with Gasteiger partial charge in [-0.3, -0.25) is 9.36 Å². The fraction of sp³-hybridized carbons (Fsp3) is 0.250. The molecule has 0 bridgehead atoms. The first-order chi connectivity index (χ1) is 15.2. The highest BCUT2D eigenvalue weighted by atomic mass is 32.1. The van der Waals surface area contributed by atoms with Gasteiger partial charge in [0.25, 0.3) is 0 Å². The number of alkyl halides is 4. The third-order valence-electron chi connectivity index (χ3n) is 4.95. The van der Waals surface area contributed by atoms with Crippen LogP contribution >= 0.6 is 11.3 Å². The molecular formula is C24H20F4N2OS. The summed E-state index contributed by atoms with van der Waals surface area (Å²) < 4.78 is 55.1. The van der Waals surface area contributed by atoms with Gasteiger partial charge in [-0.2, -0.15) is 18.4 Å². The maximum absolute atomic E-state index is 13.3. The number of allylic oxidation sites excluding steroid dienone is 4. The third-order valence-corrected chi connectivity index (χ3v) is 5.89. The summed E-state index contributed by atoms with van der Waals surface area (Å²) in [5.74, 6) is 0. The van der Waals surface area contributed by atoms with Crippen molar-refractivity contribution >= 4 is 21.6 Å². The summed E-state index contributed by atoms with van der Waals surface area (Å²) in [7, 11) is 0. The van der Waals surface area contributed by atoms with E-state index in [-0.39, 0.29) is 24.3 Å². The zero-order valence-corrected chi connectivity index (χ0v) is 18.0. The molecule has 0 saturated heterocycles. The molecule has 1 unspecified atom stereocenters. The predicted octanol–water partition coefficient (Wildman–Crippen LogP) is 6.78. The van der Waals surface area contributed by atoms with Crippen molar-refractivity contribution in [3.05, 3.63) is 81.5 Å². The number of hydrogen-bond donors (Lipinski definition) is 0.